The Balaban J connectivity index is 2.81. The first-order valence-electron chi connectivity index (χ1n) is 4.32. The third kappa shape index (κ3) is 2.85. The molecule has 1 heterocycles. The number of urea groups is 1. The molecule has 0 aliphatic heterocycles. The number of carbonyl (C=O) groups excluding carboxylic acids is 1. The molecule has 0 spiro atoms. The Bertz CT molecular complexity index is 357. The number of aryl methyl sites for hydroxylation is 1. The molecular weight excluding hydrogens is 198 g/mol. The largest absolute Gasteiger partial charge is 0.350 e. The van der Waals surface area contributed by atoms with Crippen LogP contribution in [0.4, 0.5) is 4.79 Å². The van der Waals surface area contributed by atoms with Crippen LogP contribution >= 0.6 is 11.3 Å². The van der Waals surface area contributed by atoms with Crippen molar-refractivity contribution in [3.8, 4) is 0 Å². The molecule has 0 saturated carbocycles. The van der Waals surface area contributed by atoms with Crippen LogP contribution in [-0.2, 0) is 0 Å². The van der Waals surface area contributed by atoms with Crippen LogP contribution in [0, 0.1) is 6.92 Å². The van der Waals surface area contributed by atoms with E-state index >= 15 is 0 Å². The molecule has 0 radical (unpaired) electrons. The van der Waals surface area contributed by atoms with Gasteiger partial charge in [-0.3, -0.25) is 0 Å². The molecular formula is C9H13N3OS. The van der Waals surface area contributed by atoms with E-state index < -0.39 is 6.03 Å². The Labute approximate surface area is 86.8 Å². The molecule has 0 aliphatic carbocycles. The van der Waals surface area contributed by atoms with Gasteiger partial charge in [-0.05, 0) is 25.5 Å². The highest BCUT2D eigenvalue weighted by atomic mass is 32.1. The number of nitrogens with zero attached hydrogens (tertiary/aromatic N) is 1. The van der Waals surface area contributed by atoms with Gasteiger partial charge >= 0.3 is 6.03 Å². The maximum Gasteiger partial charge on any atom is 0.332 e. The number of primary amides is 1. The lowest BCUT2D eigenvalue weighted by atomic mass is 10.2. The highest BCUT2D eigenvalue weighted by Gasteiger charge is 2.04. The van der Waals surface area contributed by atoms with E-state index in [1.807, 2.05) is 26.0 Å². The highest BCUT2D eigenvalue weighted by molar-refractivity contribution is 7.14. The lowest BCUT2D eigenvalue weighted by Gasteiger charge is -1.99. The molecule has 2 amide bonds. The van der Waals surface area contributed by atoms with Crippen LogP contribution in [0.5, 0.6) is 0 Å². The molecule has 1 aromatic heterocycles. The van der Waals surface area contributed by atoms with Crippen molar-refractivity contribution in [2.24, 2.45) is 10.8 Å². The Morgan fingerprint density at radius 1 is 1.64 bits per heavy atom. The Kier molecular flexibility index (Phi) is 3.64. The minimum Gasteiger partial charge on any atom is -0.350 e. The molecule has 0 aliphatic rings. The van der Waals surface area contributed by atoms with Gasteiger partial charge in [0.15, 0.2) is 0 Å². The van der Waals surface area contributed by atoms with E-state index in [4.69, 9.17) is 5.73 Å². The van der Waals surface area contributed by atoms with Crippen LogP contribution in [0.1, 0.15) is 23.1 Å². The quantitative estimate of drug-likeness (QED) is 0.581. The van der Waals surface area contributed by atoms with Gasteiger partial charge in [-0.15, -0.1) is 11.3 Å². The summed E-state index contributed by atoms with van der Waals surface area (Å²) in [5.74, 6) is 0. The van der Waals surface area contributed by atoms with Crippen molar-refractivity contribution in [1.82, 2.24) is 5.43 Å². The number of hydrogen-bond donors (Lipinski definition) is 2. The molecule has 0 atom stereocenters. The molecule has 14 heavy (non-hydrogen) atoms. The number of hydrazone groups is 1. The molecule has 1 rings (SSSR count). The third-order valence-electron chi connectivity index (χ3n) is 1.66. The predicted molar refractivity (Wildman–Crippen MR) is 58.6 cm³/mol. The van der Waals surface area contributed by atoms with Crippen LogP contribution in [0.25, 0.3) is 0 Å². The van der Waals surface area contributed by atoms with Crippen molar-refractivity contribution in [3.05, 3.63) is 21.9 Å². The van der Waals surface area contributed by atoms with Crippen LogP contribution in [0.2, 0.25) is 0 Å². The topological polar surface area (TPSA) is 67.5 Å². The van der Waals surface area contributed by atoms with E-state index in [1.54, 1.807) is 11.3 Å². The van der Waals surface area contributed by atoms with Gasteiger partial charge < -0.3 is 5.73 Å². The summed E-state index contributed by atoms with van der Waals surface area (Å²) in [4.78, 5) is 12.8. The van der Waals surface area contributed by atoms with Gasteiger partial charge in [-0.2, -0.15) is 5.10 Å². The summed E-state index contributed by atoms with van der Waals surface area (Å²) in [7, 11) is 0. The van der Waals surface area contributed by atoms with Gasteiger partial charge in [0.05, 0.1) is 10.6 Å². The first-order chi connectivity index (χ1) is 6.63. The molecule has 0 bridgehead atoms. The standard InChI is InChI=1S/C9H13N3OS/c1-3-7(11-12-9(10)13)8-5-4-6(2)14-8/h4-5H,3H2,1-2H3,(H3,10,12,13)/b11-7-. The summed E-state index contributed by atoms with van der Waals surface area (Å²) in [6, 6.07) is 3.38. The molecule has 0 unspecified atom stereocenters. The molecule has 1 aromatic rings. The van der Waals surface area contributed by atoms with Gasteiger partial charge in [0.25, 0.3) is 0 Å². The van der Waals surface area contributed by atoms with Crippen LogP contribution in [0.3, 0.4) is 0 Å². The first-order valence-corrected chi connectivity index (χ1v) is 5.14. The zero-order valence-electron chi connectivity index (χ0n) is 8.20. The molecule has 0 fully saturated rings. The fraction of sp³-hybridized carbons (Fsp3) is 0.333. The Hall–Kier alpha value is -1.36. The number of carbonyl (C=O) groups is 1. The lowest BCUT2D eigenvalue weighted by Crippen LogP contribution is -2.25. The molecule has 3 N–H and O–H groups in total. The van der Waals surface area contributed by atoms with Crippen LogP contribution in [0.15, 0.2) is 17.2 Å². The zero-order valence-corrected chi connectivity index (χ0v) is 9.02. The minimum atomic E-state index is -0.635. The first kappa shape index (κ1) is 10.7. The van der Waals surface area contributed by atoms with Gasteiger partial charge in [0.1, 0.15) is 0 Å². The van der Waals surface area contributed by atoms with Crippen LogP contribution < -0.4 is 11.2 Å². The normalized spacial score (nSPS) is 11.4. The smallest absolute Gasteiger partial charge is 0.332 e. The number of hydrogen-bond acceptors (Lipinski definition) is 3. The molecule has 5 heteroatoms. The van der Waals surface area contributed by atoms with Crippen molar-refractivity contribution in [2.75, 3.05) is 0 Å². The maximum absolute atomic E-state index is 10.5. The maximum atomic E-state index is 10.5. The predicted octanol–water partition coefficient (Wildman–Crippen LogP) is 1.84. The summed E-state index contributed by atoms with van der Waals surface area (Å²) in [5.41, 5.74) is 8.01. The van der Waals surface area contributed by atoms with Gasteiger partial charge in [-0.25, -0.2) is 10.2 Å². The summed E-state index contributed by atoms with van der Waals surface area (Å²) >= 11 is 1.65. The Morgan fingerprint density at radius 3 is 2.79 bits per heavy atom. The van der Waals surface area contributed by atoms with Crippen molar-refractivity contribution in [2.45, 2.75) is 20.3 Å². The molecule has 0 aromatic carbocycles. The highest BCUT2D eigenvalue weighted by Crippen LogP contribution is 2.17. The third-order valence-corrected chi connectivity index (χ3v) is 2.71. The lowest BCUT2D eigenvalue weighted by molar-refractivity contribution is 0.249. The van der Waals surface area contributed by atoms with E-state index in [-0.39, 0.29) is 0 Å². The summed E-state index contributed by atoms with van der Waals surface area (Å²) in [5, 5.41) is 3.93. The van der Waals surface area contributed by atoms with Gasteiger partial charge in [0, 0.05) is 4.88 Å². The van der Waals surface area contributed by atoms with Crippen LogP contribution in [-0.4, -0.2) is 11.7 Å². The fourth-order valence-corrected chi connectivity index (χ4v) is 1.95. The molecule has 4 nitrogen and oxygen atoms in total. The summed E-state index contributed by atoms with van der Waals surface area (Å²) in [6.07, 6.45) is 0.764. The van der Waals surface area contributed by atoms with E-state index in [0.29, 0.717) is 0 Å². The molecule has 76 valence electrons. The minimum absolute atomic E-state index is 0.635. The van der Waals surface area contributed by atoms with Crippen molar-refractivity contribution in [1.29, 1.82) is 0 Å². The van der Waals surface area contributed by atoms with E-state index in [2.05, 4.69) is 10.5 Å². The number of rotatable bonds is 3. The monoisotopic (exact) mass is 211 g/mol. The second-order valence-electron chi connectivity index (χ2n) is 2.80. The number of nitrogens with one attached hydrogen (secondary N) is 1. The molecule has 0 saturated heterocycles. The fourth-order valence-electron chi connectivity index (χ4n) is 1.02. The second kappa shape index (κ2) is 4.76. The number of nitrogens with two attached hydrogens (primary N) is 1. The van der Waals surface area contributed by atoms with Crippen molar-refractivity contribution in [3.63, 3.8) is 0 Å². The average molecular weight is 211 g/mol. The zero-order chi connectivity index (χ0) is 10.6. The second-order valence-corrected chi connectivity index (χ2v) is 4.09. The SMILES string of the molecule is CC/C(=N/NC(N)=O)c1ccc(C)s1. The summed E-state index contributed by atoms with van der Waals surface area (Å²) < 4.78 is 0. The van der Waals surface area contributed by atoms with Gasteiger partial charge in [-0.1, -0.05) is 6.92 Å². The van der Waals surface area contributed by atoms with Crippen molar-refractivity contribution < 1.29 is 4.79 Å². The van der Waals surface area contributed by atoms with E-state index in [0.717, 1.165) is 17.0 Å². The van der Waals surface area contributed by atoms with E-state index in [9.17, 15) is 4.79 Å². The van der Waals surface area contributed by atoms with Crippen molar-refractivity contribution >= 4 is 23.1 Å². The number of amides is 2. The number of thiophene rings is 1. The summed E-state index contributed by atoms with van der Waals surface area (Å²) in [6.45, 7) is 4.01. The van der Waals surface area contributed by atoms with Gasteiger partial charge in [0.2, 0.25) is 0 Å². The Morgan fingerprint density at radius 2 is 2.36 bits per heavy atom. The average Bonchev–Trinajstić information content (AvgIpc) is 2.53. The van der Waals surface area contributed by atoms with E-state index in [1.165, 1.54) is 4.88 Å².